The molecule has 40 heavy (non-hydrogen) atoms. The highest BCUT2D eigenvalue weighted by molar-refractivity contribution is 7.89. The van der Waals surface area contributed by atoms with E-state index in [1.807, 2.05) is 29.8 Å². The molecule has 0 saturated carbocycles. The van der Waals surface area contributed by atoms with Crippen LogP contribution in [0.4, 0.5) is 11.4 Å². The van der Waals surface area contributed by atoms with Gasteiger partial charge in [0, 0.05) is 68.5 Å². The van der Waals surface area contributed by atoms with E-state index in [-0.39, 0.29) is 16.7 Å². The van der Waals surface area contributed by atoms with Crippen molar-refractivity contribution in [1.82, 2.24) is 19.4 Å². The van der Waals surface area contributed by atoms with Crippen LogP contribution in [0.3, 0.4) is 0 Å². The highest BCUT2D eigenvalue weighted by Gasteiger charge is 2.25. The Kier molecular flexibility index (Phi) is 7.69. The van der Waals surface area contributed by atoms with Gasteiger partial charge in [0.05, 0.1) is 30.3 Å². The van der Waals surface area contributed by atoms with Crippen molar-refractivity contribution in [3.63, 3.8) is 0 Å². The molecule has 0 spiro atoms. The monoisotopic (exact) mass is 566 g/mol. The number of methoxy groups -OCH3 is 2. The number of benzene rings is 2. The molecule has 0 atom stereocenters. The summed E-state index contributed by atoms with van der Waals surface area (Å²) in [6.07, 6.45) is 0.309. The summed E-state index contributed by atoms with van der Waals surface area (Å²) >= 11 is 0. The van der Waals surface area contributed by atoms with Gasteiger partial charge in [0.15, 0.2) is 0 Å². The van der Waals surface area contributed by atoms with Crippen molar-refractivity contribution >= 4 is 49.1 Å². The Morgan fingerprint density at radius 2 is 1.70 bits per heavy atom. The fourth-order valence-electron chi connectivity index (χ4n) is 5.20. The standard InChI is InChI=1S/C28H34N6O5S/c1-31-13-15-33(16-14-31)12-11-27(35)34(24-9-10-26(38-3)30-28(24)39-4)19-5-7-21-22-18-20(40(29,36)37)6-8-23(22)32(2)25(21)17-19/h5-10,17-18H,11-16H2,1-4H3,(H2,29,36,37). The van der Waals surface area contributed by atoms with Gasteiger partial charge >= 0.3 is 0 Å². The molecule has 2 aromatic heterocycles. The van der Waals surface area contributed by atoms with E-state index in [1.165, 1.54) is 20.3 Å². The van der Waals surface area contributed by atoms with Gasteiger partial charge in [-0.05, 0) is 43.4 Å². The van der Waals surface area contributed by atoms with E-state index < -0.39 is 10.0 Å². The summed E-state index contributed by atoms with van der Waals surface area (Å²) in [5.74, 6) is 0.543. The number of anilines is 2. The normalized spacial score (nSPS) is 15.0. The second-order valence-corrected chi connectivity index (χ2v) is 11.6. The number of amides is 1. The quantitative estimate of drug-likeness (QED) is 0.345. The molecule has 2 N–H and O–H groups in total. The molecule has 4 aromatic rings. The number of carbonyl (C=O) groups excluding carboxylic acids is 1. The van der Waals surface area contributed by atoms with Crippen LogP contribution in [0.5, 0.6) is 11.8 Å². The maximum absolute atomic E-state index is 13.9. The number of nitrogens with zero attached hydrogens (tertiary/aromatic N) is 5. The van der Waals surface area contributed by atoms with Crippen LogP contribution in [-0.2, 0) is 21.9 Å². The lowest BCUT2D eigenvalue weighted by atomic mass is 10.1. The Hall–Kier alpha value is -3.71. The molecule has 0 bridgehead atoms. The molecular formula is C28H34N6O5S. The molecule has 1 fully saturated rings. The van der Waals surface area contributed by atoms with E-state index in [0.717, 1.165) is 48.0 Å². The molecule has 0 radical (unpaired) electrons. The Bertz CT molecular complexity index is 1680. The highest BCUT2D eigenvalue weighted by Crippen LogP contribution is 2.38. The molecular weight excluding hydrogens is 532 g/mol. The van der Waals surface area contributed by atoms with Gasteiger partial charge < -0.3 is 23.8 Å². The minimum Gasteiger partial charge on any atom is -0.481 e. The maximum Gasteiger partial charge on any atom is 0.241 e. The Balaban J connectivity index is 1.58. The zero-order chi connectivity index (χ0) is 28.6. The van der Waals surface area contributed by atoms with Crippen molar-refractivity contribution in [2.24, 2.45) is 12.2 Å². The van der Waals surface area contributed by atoms with Crippen LogP contribution in [0.1, 0.15) is 6.42 Å². The number of sulfonamides is 1. The minimum absolute atomic E-state index is 0.0475. The lowest BCUT2D eigenvalue weighted by molar-refractivity contribution is -0.118. The number of nitrogens with two attached hydrogens (primary N) is 1. The Morgan fingerprint density at radius 3 is 2.38 bits per heavy atom. The molecule has 2 aromatic carbocycles. The summed E-state index contributed by atoms with van der Waals surface area (Å²) in [5.41, 5.74) is 2.81. The van der Waals surface area contributed by atoms with Gasteiger partial charge in [-0.15, -0.1) is 0 Å². The number of ether oxygens (including phenoxy) is 2. The van der Waals surface area contributed by atoms with Gasteiger partial charge in [0.1, 0.15) is 5.69 Å². The number of primary sulfonamides is 1. The number of aryl methyl sites for hydroxylation is 1. The predicted molar refractivity (Wildman–Crippen MR) is 155 cm³/mol. The van der Waals surface area contributed by atoms with Crippen LogP contribution < -0.4 is 19.5 Å². The van der Waals surface area contributed by atoms with Crippen LogP contribution in [0.25, 0.3) is 21.8 Å². The first-order valence-corrected chi connectivity index (χ1v) is 14.5. The molecule has 1 saturated heterocycles. The zero-order valence-electron chi connectivity index (χ0n) is 23.1. The SMILES string of the molecule is COc1ccc(N(C(=O)CCN2CCN(C)CC2)c2ccc3c4cc(S(N)(=O)=O)ccc4n(C)c3c2)c(OC)n1. The average molecular weight is 567 g/mol. The lowest BCUT2D eigenvalue weighted by Gasteiger charge is -2.32. The number of piperazine rings is 1. The third-order valence-corrected chi connectivity index (χ3v) is 8.41. The van der Waals surface area contributed by atoms with Crippen LogP contribution in [0.2, 0.25) is 0 Å². The first-order chi connectivity index (χ1) is 19.1. The Morgan fingerprint density at radius 1 is 0.950 bits per heavy atom. The minimum atomic E-state index is -3.85. The summed E-state index contributed by atoms with van der Waals surface area (Å²) in [5, 5.41) is 6.99. The Labute approximate surface area is 233 Å². The highest BCUT2D eigenvalue weighted by atomic mass is 32.2. The molecule has 1 aliphatic rings. The smallest absolute Gasteiger partial charge is 0.241 e. The van der Waals surface area contributed by atoms with E-state index in [0.29, 0.717) is 30.2 Å². The number of hydrogen-bond donors (Lipinski definition) is 1. The molecule has 0 unspecified atom stereocenters. The topological polar surface area (TPSA) is 123 Å². The van der Waals surface area contributed by atoms with E-state index in [1.54, 1.807) is 29.2 Å². The van der Waals surface area contributed by atoms with E-state index in [9.17, 15) is 13.2 Å². The number of hydrogen-bond acceptors (Lipinski definition) is 8. The predicted octanol–water partition coefficient (Wildman–Crippen LogP) is 2.69. The molecule has 1 amide bonds. The molecule has 12 heteroatoms. The number of aromatic nitrogens is 2. The molecule has 11 nitrogen and oxygen atoms in total. The van der Waals surface area contributed by atoms with E-state index in [4.69, 9.17) is 14.6 Å². The number of carbonyl (C=O) groups is 1. The zero-order valence-corrected chi connectivity index (χ0v) is 23.9. The van der Waals surface area contributed by atoms with Gasteiger partial charge in [-0.25, -0.2) is 13.6 Å². The number of rotatable bonds is 8. The second kappa shape index (κ2) is 11.0. The fourth-order valence-corrected chi connectivity index (χ4v) is 5.74. The van der Waals surface area contributed by atoms with Gasteiger partial charge in [0.2, 0.25) is 27.7 Å². The van der Waals surface area contributed by atoms with Crippen molar-refractivity contribution in [3.05, 3.63) is 48.5 Å². The molecule has 0 aliphatic carbocycles. The average Bonchev–Trinajstić information content (AvgIpc) is 3.23. The van der Waals surface area contributed by atoms with Gasteiger partial charge in [-0.1, -0.05) is 6.07 Å². The summed E-state index contributed by atoms with van der Waals surface area (Å²) in [7, 11) is 3.18. The van der Waals surface area contributed by atoms with E-state index >= 15 is 0 Å². The summed E-state index contributed by atoms with van der Waals surface area (Å²) in [4.78, 5) is 24.6. The van der Waals surface area contributed by atoms with Crippen molar-refractivity contribution in [1.29, 1.82) is 0 Å². The van der Waals surface area contributed by atoms with Crippen LogP contribution in [0.15, 0.2) is 53.4 Å². The largest absolute Gasteiger partial charge is 0.481 e. The van der Waals surface area contributed by atoms with Crippen molar-refractivity contribution in [3.8, 4) is 11.8 Å². The van der Waals surface area contributed by atoms with Crippen LogP contribution in [0, 0.1) is 0 Å². The van der Waals surface area contributed by atoms with Crippen molar-refractivity contribution in [2.75, 3.05) is 58.9 Å². The first kappa shape index (κ1) is 27.8. The number of pyridine rings is 1. The van der Waals surface area contributed by atoms with Gasteiger partial charge in [-0.2, -0.15) is 4.98 Å². The van der Waals surface area contributed by atoms with Gasteiger partial charge in [0.25, 0.3) is 0 Å². The first-order valence-electron chi connectivity index (χ1n) is 13.0. The fraction of sp³-hybridized carbons (Fsp3) is 0.357. The number of likely N-dealkylation sites (N-methyl/N-ethyl adjacent to an activating group) is 1. The molecule has 5 rings (SSSR count). The molecule has 1 aliphatic heterocycles. The third kappa shape index (κ3) is 5.35. The summed E-state index contributed by atoms with van der Waals surface area (Å²) in [6, 6.07) is 14.0. The van der Waals surface area contributed by atoms with Crippen molar-refractivity contribution < 1.29 is 22.7 Å². The van der Waals surface area contributed by atoms with Crippen LogP contribution in [-0.4, -0.2) is 87.7 Å². The van der Waals surface area contributed by atoms with Crippen molar-refractivity contribution in [2.45, 2.75) is 11.3 Å². The summed E-state index contributed by atoms with van der Waals surface area (Å²) in [6.45, 7) is 4.42. The summed E-state index contributed by atoms with van der Waals surface area (Å²) < 4.78 is 36.8. The third-order valence-electron chi connectivity index (χ3n) is 7.49. The molecule has 3 heterocycles. The molecule has 212 valence electrons. The van der Waals surface area contributed by atoms with Gasteiger partial charge in [-0.3, -0.25) is 9.69 Å². The maximum atomic E-state index is 13.9. The second-order valence-electron chi connectivity index (χ2n) is 9.99. The van der Waals surface area contributed by atoms with E-state index in [2.05, 4.69) is 21.8 Å². The number of fused-ring (bicyclic) bond motifs is 3. The lowest BCUT2D eigenvalue weighted by Crippen LogP contribution is -2.45. The van der Waals surface area contributed by atoms with Crippen LogP contribution >= 0.6 is 0 Å².